The van der Waals surface area contributed by atoms with Crippen molar-refractivity contribution in [2.75, 3.05) is 25.0 Å². The van der Waals surface area contributed by atoms with Gasteiger partial charge in [0, 0.05) is 19.3 Å². The number of benzene rings is 1. The molecule has 21 heavy (non-hydrogen) atoms. The molecule has 0 spiro atoms. The number of carboxylic acid groups (broad SMARTS) is 1. The van der Waals surface area contributed by atoms with Gasteiger partial charge in [-0.2, -0.15) is 0 Å². The zero-order valence-corrected chi connectivity index (χ0v) is 13.4. The molecule has 0 heterocycles. The van der Waals surface area contributed by atoms with Crippen molar-refractivity contribution < 1.29 is 14.7 Å². The number of carboxylic acids is 1. The van der Waals surface area contributed by atoms with Gasteiger partial charge < -0.3 is 10.0 Å². The lowest BCUT2D eigenvalue weighted by Crippen LogP contribution is -2.46. The van der Waals surface area contributed by atoms with Crippen LogP contribution in [0.15, 0.2) is 24.3 Å². The fraction of sp³-hybridized carbons (Fsp3) is 0.500. The molecule has 0 saturated carbocycles. The van der Waals surface area contributed by atoms with Crippen LogP contribution in [0.25, 0.3) is 0 Å². The number of aryl methyl sites for hydroxylation is 1. The van der Waals surface area contributed by atoms with Crippen molar-refractivity contribution in [2.24, 2.45) is 5.41 Å². The summed E-state index contributed by atoms with van der Waals surface area (Å²) in [6.07, 6.45) is 0. The van der Waals surface area contributed by atoms with Crippen LogP contribution in [0.5, 0.6) is 0 Å². The highest BCUT2D eigenvalue weighted by Gasteiger charge is 2.25. The zero-order valence-electron chi connectivity index (χ0n) is 13.4. The number of urea groups is 1. The van der Waals surface area contributed by atoms with Gasteiger partial charge >= 0.3 is 12.0 Å². The van der Waals surface area contributed by atoms with E-state index in [9.17, 15) is 9.59 Å². The number of carbonyl (C=O) groups is 2. The first kappa shape index (κ1) is 17.0. The van der Waals surface area contributed by atoms with Gasteiger partial charge in [0.2, 0.25) is 0 Å². The van der Waals surface area contributed by atoms with Crippen LogP contribution in [-0.2, 0) is 4.79 Å². The molecule has 1 N–H and O–H groups in total. The first-order chi connectivity index (χ1) is 9.60. The number of aliphatic carboxylic acids is 1. The van der Waals surface area contributed by atoms with Gasteiger partial charge in [-0.3, -0.25) is 9.69 Å². The normalized spacial score (nSPS) is 11.1. The summed E-state index contributed by atoms with van der Waals surface area (Å²) in [4.78, 5) is 26.4. The van der Waals surface area contributed by atoms with Crippen LogP contribution in [0.4, 0.5) is 10.5 Å². The van der Waals surface area contributed by atoms with Crippen molar-refractivity contribution in [3.63, 3.8) is 0 Å². The van der Waals surface area contributed by atoms with E-state index in [-0.39, 0.29) is 18.0 Å². The minimum atomic E-state index is -1.03. The molecule has 0 radical (unpaired) electrons. The third-order valence-electron chi connectivity index (χ3n) is 2.91. The van der Waals surface area contributed by atoms with E-state index in [1.807, 2.05) is 39.8 Å². The van der Waals surface area contributed by atoms with Gasteiger partial charge in [0.25, 0.3) is 0 Å². The Hall–Kier alpha value is -2.04. The Labute approximate surface area is 126 Å². The largest absolute Gasteiger partial charge is 0.480 e. The number of rotatable bonds is 4. The van der Waals surface area contributed by atoms with E-state index in [4.69, 9.17) is 5.11 Å². The zero-order chi connectivity index (χ0) is 16.2. The second-order valence-corrected chi connectivity index (χ2v) is 6.51. The molecule has 0 aliphatic rings. The minimum Gasteiger partial charge on any atom is -0.480 e. The Balaban J connectivity index is 2.99. The molecule has 0 atom stereocenters. The van der Waals surface area contributed by atoms with E-state index in [0.717, 1.165) is 5.56 Å². The lowest BCUT2D eigenvalue weighted by Gasteiger charge is -2.31. The summed E-state index contributed by atoms with van der Waals surface area (Å²) in [5, 5.41) is 9.05. The third-order valence-corrected chi connectivity index (χ3v) is 2.91. The Morgan fingerprint density at radius 1 is 1.14 bits per heavy atom. The number of carbonyl (C=O) groups excluding carboxylic acids is 1. The molecule has 0 saturated heterocycles. The van der Waals surface area contributed by atoms with Crippen LogP contribution in [-0.4, -0.2) is 42.1 Å². The van der Waals surface area contributed by atoms with Gasteiger partial charge in [-0.05, 0) is 24.5 Å². The smallest absolute Gasteiger partial charge is 0.324 e. The van der Waals surface area contributed by atoms with Gasteiger partial charge in [0.1, 0.15) is 6.54 Å². The minimum absolute atomic E-state index is 0.0490. The predicted molar refractivity (Wildman–Crippen MR) is 83.6 cm³/mol. The van der Waals surface area contributed by atoms with Crippen LogP contribution in [0, 0.1) is 12.3 Å². The number of amides is 2. The van der Waals surface area contributed by atoms with Gasteiger partial charge in [0.05, 0.1) is 0 Å². The SMILES string of the molecule is Cc1ccc(N(CC(=O)O)C(=O)N(C)CC(C)(C)C)cc1. The molecule has 1 aromatic carbocycles. The van der Waals surface area contributed by atoms with Crippen LogP contribution in [0.3, 0.4) is 0 Å². The van der Waals surface area contributed by atoms with Gasteiger partial charge in [-0.15, -0.1) is 0 Å². The molecule has 5 heteroatoms. The maximum atomic E-state index is 12.5. The maximum Gasteiger partial charge on any atom is 0.324 e. The van der Waals surface area contributed by atoms with Crippen molar-refractivity contribution in [3.05, 3.63) is 29.8 Å². The number of anilines is 1. The summed E-state index contributed by atoms with van der Waals surface area (Å²) in [6, 6.07) is 6.95. The monoisotopic (exact) mass is 292 g/mol. The maximum absolute atomic E-state index is 12.5. The first-order valence-electron chi connectivity index (χ1n) is 6.91. The summed E-state index contributed by atoms with van der Waals surface area (Å²) in [6.45, 7) is 8.24. The van der Waals surface area contributed by atoms with Crippen molar-refractivity contribution >= 4 is 17.7 Å². The first-order valence-corrected chi connectivity index (χ1v) is 6.91. The van der Waals surface area contributed by atoms with Gasteiger partial charge in [-0.1, -0.05) is 38.5 Å². The van der Waals surface area contributed by atoms with E-state index in [1.54, 1.807) is 24.1 Å². The molecule has 0 bridgehead atoms. The van der Waals surface area contributed by atoms with Crippen molar-refractivity contribution in [1.82, 2.24) is 4.90 Å². The number of hydrogen-bond donors (Lipinski definition) is 1. The second-order valence-electron chi connectivity index (χ2n) is 6.51. The third kappa shape index (κ3) is 5.45. The fourth-order valence-corrected chi connectivity index (χ4v) is 2.11. The van der Waals surface area contributed by atoms with Crippen molar-refractivity contribution in [3.8, 4) is 0 Å². The van der Waals surface area contributed by atoms with E-state index in [1.165, 1.54) is 4.90 Å². The Kier molecular flexibility index (Phi) is 5.35. The van der Waals surface area contributed by atoms with Gasteiger partial charge in [-0.25, -0.2) is 4.79 Å². The number of hydrogen-bond acceptors (Lipinski definition) is 2. The predicted octanol–water partition coefficient (Wildman–Crippen LogP) is 2.98. The lowest BCUT2D eigenvalue weighted by atomic mass is 9.96. The average Bonchev–Trinajstić information content (AvgIpc) is 2.34. The molecular formula is C16H24N2O3. The van der Waals surface area contributed by atoms with Gasteiger partial charge in [0.15, 0.2) is 0 Å². The summed E-state index contributed by atoms with van der Waals surface area (Å²) in [7, 11) is 1.69. The average molecular weight is 292 g/mol. The Morgan fingerprint density at radius 3 is 2.10 bits per heavy atom. The summed E-state index contributed by atoms with van der Waals surface area (Å²) in [5.74, 6) is -1.03. The topological polar surface area (TPSA) is 60.9 Å². The molecular weight excluding hydrogens is 268 g/mol. The second kappa shape index (κ2) is 6.61. The Morgan fingerprint density at radius 2 is 1.67 bits per heavy atom. The quantitative estimate of drug-likeness (QED) is 0.928. The number of nitrogens with zero attached hydrogens (tertiary/aromatic N) is 2. The molecule has 1 aromatic rings. The van der Waals surface area contributed by atoms with Crippen molar-refractivity contribution in [2.45, 2.75) is 27.7 Å². The highest BCUT2D eigenvalue weighted by molar-refractivity contribution is 5.96. The van der Waals surface area contributed by atoms with E-state index >= 15 is 0 Å². The molecule has 5 nitrogen and oxygen atoms in total. The van der Waals surface area contributed by atoms with E-state index in [0.29, 0.717) is 12.2 Å². The van der Waals surface area contributed by atoms with Crippen molar-refractivity contribution in [1.29, 1.82) is 0 Å². The summed E-state index contributed by atoms with van der Waals surface area (Å²) < 4.78 is 0. The molecule has 2 amide bonds. The standard InChI is InChI=1S/C16H24N2O3/c1-12-6-8-13(9-7-12)18(10-14(19)20)15(21)17(5)11-16(2,3)4/h6-9H,10-11H2,1-5H3,(H,19,20). The molecule has 0 aromatic heterocycles. The highest BCUT2D eigenvalue weighted by atomic mass is 16.4. The molecule has 0 aliphatic heterocycles. The lowest BCUT2D eigenvalue weighted by molar-refractivity contribution is -0.135. The molecule has 0 aliphatic carbocycles. The highest BCUT2D eigenvalue weighted by Crippen LogP contribution is 2.19. The van der Waals surface area contributed by atoms with E-state index in [2.05, 4.69) is 0 Å². The summed E-state index contributed by atoms with van der Waals surface area (Å²) >= 11 is 0. The van der Waals surface area contributed by atoms with Crippen LogP contribution >= 0.6 is 0 Å². The van der Waals surface area contributed by atoms with Crippen LogP contribution in [0.1, 0.15) is 26.3 Å². The molecule has 116 valence electrons. The molecule has 0 fully saturated rings. The fourth-order valence-electron chi connectivity index (χ4n) is 2.11. The van der Waals surface area contributed by atoms with Crippen LogP contribution < -0.4 is 4.90 Å². The van der Waals surface area contributed by atoms with Crippen LogP contribution in [0.2, 0.25) is 0 Å². The summed E-state index contributed by atoms with van der Waals surface area (Å²) in [5.41, 5.74) is 1.60. The molecule has 1 rings (SSSR count). The Bertz CT molecular complexity index is 503. The molecule has 0 unspecified atom stereocenters. The van der Waals surface area contributed by atoms with E-state index < -0.39 is 5.97 Å².